The second kappa shape index (κ2) is 8.72. The summed E-state index contributed by atoms with van der Waals surface area (Å²) in [5.74, 6) is -0.987. The lowest BCUT2D eigenvalue weighted by Gasteiger charge is -2.17. The van der Waals surface area contributed by atoms with Gasteiger partial charge in [-0.1, -0.05) is 24.3 Å². The first-order valence-corrected chi connectivity index (χ1v) is 11.3. The fraction of sp³-hybridized carbons (Fsp3) is 0.130. The number of benzene rings is 3. The predicted molar refractivity (Wildman–Crippen MR) is 118 cm³/mol. The number of nitrogens with zero attached hydrogens (tertiary/aromatic N) is 1. The summed E-state index contributed by atoms with van der Waals surface area (Å²) in [5.41, 5.74) is 0.789. The molecule has 1 fully saturated rings. The van der Waals surface area contributed by atoms with Crippen LogP contribution in [-0.4, -0.2) is 31.9 Å². The van der Waals surface area contributed by atoms with E-state index in [0.717, 1.165) is 0 Å². The Morgan fingerprint density at radius 1 is 0.969 bits per heavy atom. The quantitative estimate of drug-likeness (QED) is 0.565. The van der Waals surface area contributed by atoms with Gasteiger partial charge in [0, 0.05) is 24.7 Å². The summed E-state index contributed by atoms with van der Waals surface area (Å²) in [6.07, 6.45) is -0.0711. The van der Waals surface area contributed by atoms with Gasteiger partial charge in [0.2, 0.25) is 5.91 Å². The van der Waals surface area contributed by atoms with Crippen molar-refractivity contribution >= 4 is 33.3 Å². The first kappa shape index (κ1) is 21.4. The van der Waals surface area contributed by atoms with E-state index in [2.05, 4.69) is 4.72 Å². The van der Waals surface area contributed by atoms with E-state index < -0.39 is 21.9 Å². The Morgan fingerprint density at radius 2 is 1.66 bits per heavy atom. The van der Waals surface area contributed by atoms with Gasteiger partial charge in [0.05, 0.1) is 16.5 Å². The zero-order valence-corrected chi connectivity index (χ0v) is 17.7. The SMILES string of the molecule is O=C(O)C1CC(=O)N(c2ccc(S(=O)(=O)Nc3cccc(Oc4ccccc4)c3)cc2)C1. The summed E-state index contributed by atoms with van der Waals surface area (Å²) in [4.78, 5) is 24.6. The molecule has 2 N–H and O–H groups in total. The molecule has 1 heterocycles. The second-order valence-electron chi connectivity index (χ2n) is 7.29. The van der Waals surface area contributed by atoms with Crippen LogP contribution >= 0.6 is 0 Å². The van der Waals surface area contributed by atoms with Crippen LogP contribution in [-0.2, 0) is 19.6 Å². The van der Waals surface area contributed by atoms with Gasteiger partial charge in [-0.3, -0.25) is 14.3 Å². The summed E-state index contributed by atoms with van der Waals surface area (Å²) in [5, 5.41) is 9.11. The highest BCUT2D eigenvalue weighted by Crippen LogP contribution is 2.28. The van der Waals surface area contributed by atoms with Gasteiger partial charge in [-0.05, 0) is 48.5 Å². The van der Waals surface area contributed by atoms with Crippen LogP contribution < -0.4 is 14.4 Å². The molecular weight excluding hydrogens is 432 g/mol. The van der Waals surface area contributed by atoms with E-state index in [1.165, 1.54) is 29.2 Å². The molecule has 4 rings (SSSR count). The maximum Gasteiger partial charge on any atom is 0.308 e. The lowest BCUT2D eigenvalue weighted by Crippen LogP contribution is -2.25. The number of ether oxygens (including phenoxy) is 1. The number of carboxylic acids is 1. The minimum Gasteiger partial charge on any atom is -0.481 e. The van der Waals surface area contributed by atoms with Crippen LogP contribution in [0.3, 0.4) is 0 Å². The van der Waals surface area contributed by atoms with Crippen molar-refractivity contribution in [3.05, 3.63) is 78.9 Å². The van der Waals surface area contributed by atoms with Crippen molar-refractivity contribution in [3.8, 4) is 11.5 Å². The Kier molecular flexibility index (Phi) is 5.83. The Bertz CT molecular complexity index is 1240. The van der Waals surface area contributed by atoms with Gasteiger partial charge < -0.3 is 14.7 Å². The molecule has 1 saturated heterocycles. The maximum atomic E-state index is 12.8. The molecule has 164 valence electrons. The Balaban J connectivity index is 1.48. The van der Waals surface area contributed by atoms with Crippen LogP contribution in [0.2, 0.25) is 0 Å². The molecular formula is C23H20N2O6S. The molecule has 0 bridgehead atoms. The van der Waals surface area contributed by atoms with Crippen molar-refractivity contribution in [2.45, 2.75) is 11.3 Å². The first-order chi connectivity index (χ1) is 15.3. The molecule has 1 aliphatic heterocycles. The standard InChI is InChI=1S/C23H20N2O6S/c26-22-13-16(23(27)28)15-25(22)18-9-11-21(12-10-18)32(29,30)24-17-5-4-8-20(14-17)31-19-6-2-1-3-7-19/h1-12,14,16,24H,13,15H2,(H,27,28). The van der Waals surface area contributed by atoms with Crippen LogP contribution in [0, 0.1) is 5.92 Å². The van der Waals surface area contributed by atoms with Gasteiger partial charge in [0.25, 0.3) is 10.0 Å². The lowest BCUT2D eigenvalue weighted by atomic mass is 10.1. The first-order valence-electron chi connectivity index (χ1n) is 9.81. The molecule has 0 aromatic heterocycles. The molecule has 1 amide bonds. The van der Waals surface area contributed by atoms with Gasteiger partial charge in [-0.2, -0.15) is 0 Å². The third kappa shape index (κ3) is 4.73. The van der Waals surface area contributed by atoms with Crippen molar-refractivity contribution in [3.63, 3.8) is 0 Å². The van der Waals surface area contributed by atoms with E-state index in [1.54, 1.807) is 36.4 Å². The second-order valence-corrected chi connectivity index (χ2v) is 8.97. The van der Waals surface area contributed by atoms with Crippen LogP contribution in [0.1, 0.15) is 6.42 Å². The predicted octanol–water partition coefficient (Wildman–Crippen LogP) is 3.72. The minimum absolute atomic E-state index is 0.0112. The molecule has 3 aromatic rings. The summed E-state index contributed by atoms with van der Waals surface area (Å²) >= 11 is 0. The number of amides is 1. The summed E-state index contributed by atoms with van der Waals surface area (Å²) in [7, 11) is -3.88. The van der Waals surface area contributed by atoms with E-state index in [9.17, 15) is 18.0 Å². The molecule has 1 aliphatic rings. The summed E-state index contributed by atoms with van der Waals surface area (Å²) in [6, 6.07) is 21.5. The smallest absolute Gasteiger partial charge is 0.308 e. The van der Waals surface area contributed by atoms with Crippen molar-refractivity contribution in [1.82, 2.24) is 0 Å². The van der Waals surface area contributed by atoms with Gasteiger partial charge in [-0.25, -0.2) is 8.42 Å². The minimum atomic E-state index is -3.88. The van der Waals surface area contributed by atoms with Gasteiger partial charge >= 0.3 is 5.97 Å². The van der Waals surface area contributed by atoms with Gasteiger partial charge in [-0.15, -0.1) is 0 Å². The molecule has 0 spiro atoms. The third-order valence-corrected chi connectivity index (χ3v) is 6.40. The van der Waals surface area contributed by atoms with Gasteiger partial charge in [0.15, 0.2) is 0 Å². The number of carbonyl (C=O) groups is 2. The monoisotopic (exact) mass is 452 g/mol. The molecule has 1 unspecified atom stereocenters. The van der Waals surface area contributed by atoms with Crippen molar-refractivity contribution in [1.29, 1.82) is 0 Å². The molecule has 0 aliphatic carbocycles. The van der Waals surface area contributed by atoms with Crippen LogP contribution in [0.4, 0.5) is 11.4 Å². The summed E-state index contributed by atoms with van der Waals surface area (Å²) < 4.78 is 33.8. The molecule has 3 aromatic carbocycles. The maximum absolute atomic E-state index is 12.8. The normalized spacial score (nSPS) is 16.1. The highest BCUT2D eigenvalue weighted by Gasteiger charge is 2.35. The molecule has 9 heteroatoms. The molecule has 32 heavy (non-hydrogen) atoms. The largest absolute Gasteiger partial charge is 0.481 e. The number of aliphatic carboxylic acids is 1. The van der Waals surface area contributed by atoms with Crippen LogP contribution in [0.25, 0.3) is 0 Å². The van der Waals surface area contributed by atoms with E-state index >= 15 is 0 Å². The number of carbonyl (C=O) groups excluding carboxylic acids is 1. The van der Waals surface area contributed by atoms with Crippen LogP contribution in [0.15, 0.2) is 83.8 Å². The average molecular weight is 452 g/mol. The Morgan fingerprint density at radius 3 is 2.31 bits per heavy atom. The van der Waals surface area contributed by atoms with Crippen molar-refractivity contribution < 1.29 is 27.9 Å². The number of hydrogen-bond donors (Lipinski definition) is 2. The lowest BCUT2D eigenvalue weighted by molar-refractivity contribution is -0.141. The van der Waals surface area contributed by atoms with Crippen molar-refractivity contribution in [2.75, 3.05) is 16.2 Å². The van der Waals surface area contributed by atoms with Crippen LogP contribution in [0.5, 0.6) is 11.5 Å². The van der Waals surface area contributed by atoms with E-state index in [1.807, 2.05) is 18.2 Å². The molecule has 1 atom stereocenters. The fourth-order valence-electron chi connectivity index (χ4n) is 3.39. The number of anilines is 2. The number of para-hydroxylation sites is 1. The van der Waals surface area contributed by atoms with Gasteiger partial charge in [0.1, 0.15) is 11.5 Å². The zero-order chi connectivity index (χ0) is 22.7. The number of hydrogen-bond acceptors (Lipinski definition) is 5. The average Bonchev–Trinajstić information content (AvgIpc) is 3.16. The number of carboxylic acid groups (broad SMARTS) is 1. The van der Waals surface area contributed by atoms with E-state index in [0.29, 0.717) is 22.9 Å². The van der Waals surface area contributed by atoms with Crippen molar-refractivity contribution in [2.24, 2.45) is 5.92 Å². The number of sulfonamides is 1. The number of rotatable bonds is 7. The van der Waals surface area contributed by atoms with E-state index in [-0.39, 0.29) is 23.8 Å². The Hall–Kier alpha value is -3.85. The molecule has 0 saturated carbocycles. The van der Waals surface area contributed by atoms with E-state index in [4.69, 9.17) is 9.84 Å². The third-order valence-electron chi connectivity index (χ3n) is 5.00. The molecule has 0 radical (unpaired) electrons. The topological polar surface area (TPSA) is 113 Å². The highest BCUT2D eigenvalue weighted by molar-refractivity contribution is 7.92. The summed E-state index contributed by atoms with van der Waals surface area (Å²) in [6.45, 7) is 0.0622. The number of nitrogens with one attached hydrogen (secondary N) is 1. The fourth-order valence-corrected chi connectivity index (χ4v) is 4.44. The Labute approximate surface area is 185 Å². The molecule has 8 nitrogen and oxygen atoms in total. The highest BCUT2D eigenvalue weighted by atomic mass is 32.2. The zero-order valence-electron chi connectivity index (χ0n) is 16.8.